The van der Waals surface area contributed by atoms with Crippen LogP contribution in [-0.4, -0.2) is 36.1 Å². The van der Waals surface area contributed by atoms with Crippen molar-refractivity contribution < 1.29 is 9.53 Å². The van der Waals surface area contributed by atoms with Gasteiger partial charge in [-0.1, -0.05) is 19.1 Å². The molecule has 0 bridgehead atoms. The van der Waals surface area contributed by atoms with Gasteiger partial charge >= 0.3 is 5.97 Å². The molecule has 0 unspecified atom stereocenters. The molecule has 98 valence electrons. The molecule has 0 saturated heterocycles. The lowest BCUT2D eigenvalue weighted by molar-refractivity contribution is -0.138. The molecule has 6 heteroatoms. The van der Waals surface area contributed by atoms with Crippen LogP contribution in [0.25, 0.3) is 0 Å². The van der Waals surface area contributed by atoms with E-state index in [2.05, 4.69) is 9.72 Å². The third kappa shape index (κ3) is 3.96. The maximum Gasteiger partial charge on any atom is 0.325 e. The second kappa shape index (κ2) is 6.90. The summed E-state index contributed by atoms with van der Waals surface area (Å²) in [6, 6.07) is 3.60. The van der Waals surface area contributed by atoms with Crippen LogP contribution in [-0.2, 0) is 9.53 Å². The summed E-state index contributed by atoms with van der Waals surface area (Å²) in [7, 11) is 1.37. The number of ether oxygens (including phenoxy) is 1. The monoisotopic (exact) mass is 267 g/mol. The van der Waals surface area contributed by atoms with Crippen LogP contribution in [0.3, 0.4) is 0 Å². The summed E-state index contributed by atoms with van der Waals surface area (Å²) < 4.78 is 4.68. The van der Waals surface area contributed by atoms with Gasteiger partial charge in [-0.25, -0.2) is 0 Å². The van der Waals surface area contributed by atoms with Gasteiger partial charge in [-0.15, -0.1) is 0 Å². The number of esters is 1. The van der Waals surface area contributed by atoms with E-state index in [-0.39, 0.29) is 17.5 Å². The first-order valence-electron chi connectivity index (χ1n) is 5.66. The normalized spacial score (nSPS) is 9.89. The quantitative estimate of drug-likeness (QED) is 0.615. The maximum atomic E-state index is 11.4. The number of carbonyl (C=O) groups is 1. The average molecular weight is 267 g/mol. The largest absolute Gasteiger partial charge is 0.468 e. The molecule has 5 nitrogen and oxygen atoms in total. The predicted octanol–water partition coefficient (Wildman–Crippen LogP) is 1.11. The van der Waals surface area contributed by atoms with Gasteiger partial charge in [0.25, 0.3) is 0 Å². The molecule has 0 amide bonds. The van der Waals surface area contributed by atoms with Crippen molar-refractivity contribution in [2.45, 2.75) is 13.3 Å². The standard InChI is InChI=1S/C12H17N3O2S/c1-3-6-15(8-11(16)17-2)9-4-5-14-10(7-9)12(13)18/h4-5,7H,3,6,8H2,1-2H3,(H2,13,18). The molecule has 0 spiro atoms. The lowest BCUT2D eigenvalue weighted by Crippen LogP contribution is -2.31. The van der Waals surface area contributed by atoms with Crippen LogP contribution >= 0.6 is 12.2 Å². The van der Waals surface area contributed by atoms with Crippen molar-refractivity contribution in [3.63, 3.8) is 0 Å². The molecular formula is C12H17N3O2S. The Morgan fingerprint density at radius 1 is 1.61 bits per heavy atom. The van der Waals surface area contributed by atoms with E-state index in [0.29, 0.717) is 5.69 Å². The van der Waals surface area contributed by atoms with Gasteiger partial charge in [0.05, 0.1) is 12.8 Å². The van der Waals surface area contributed by atoms with Crippen LogP contribution in [0.4, 0.5) is 5.69 Å². The van der Waals surface area contributed by atoms with E-state index >= 15 is 0 Å². The number of pyridine rings is 1. The summed E-state index contributed by atoms with van der Waals surface area (Å²) in [5.74, 6) is -0.280. The highest BCUT2D eigenvalue weighted by Crippen LogP contribution is 2.15. The van der Waals surface area contributed by atoms with E-state index in [1.807, 2.05) is 17.9 Å². The van der Waals surface area contributed by atoms with Gasteiger partial charge in [-0.05, 0) is 18.6 Å². The molecule has 1 aromatic rings. The fraction of sp³-hybridized carbons (Fsp3) is 0.417. The third-order valence-electron chi connectivity index (χ3n) is 2.40. The second-order valence-electron chi connectivity index (χ2n) is 3.76. The summed E-state index contributed by atoms with van der Waals surface area (Å²) in [6.07, 6.45) is 2.55. The SMILES string of the molecule is CCCN(CC(=O)OC)c1ccnc(C(N)=S)c1. The summed E-state index contributed by atoms with van der Waals surface area (Å²) in [4.78, 5) is 17.6. The molecule has 0 aliphatic heterocycles. The smallest absolute Gasteiger partial charge is 0.325 e. The van der Waals surface area contributed by atoms with E-state index in [1.54, 1.807) is 12.3 Å². The molecule has 0 atom stereocenters. The number of thiocarbonyl (C=S) groups is 1. The van der Waals surface area contributed by atoms with Gasteiger partial charge in [0, 0.05) is 18.4 Å². The average Bonchev–Trinajstić information content (AvgIpc) is 2.38. The Labute approximate surface area is 112 Å². The Morgan fingerprint density at radius 3 is 2.89 bits per heavy atom. The molecule has 0 saturated carbocycles. The van der Waals surface area contributed by atoms with Gasteiger partial charge in [0.2, 0.25) is 0 Å². The number of anilines is 1. The molecule has 0 aliphatic carbocycles. The lowest BCUT2D eigenvalue weighted by Gasteiger charge is -2.23. The zero-order chi connectivity index (χ0) is 13.5. The molecule has 1 rings (SSSR count). The first-order valence-corrected chi connectivity index (χ1v) is 6.07. The molecule has 1 aromatic heterocycles. The van der Waals surface area contributed by atoms with E-state index in [4.69, 9.17) is 18.0 Å². The predicted molar refractivity (Wildman–Crippen MR) is 74.6 cm³/mol. The molecule has 1 heterocycles. The van der Waals surface area contributed by atoms with E-state index in [0.717, 1.165) is 18.7 Å². The van der Waals surface area contributed by atoms with Crippen molar-refractivity contribution in [1.29, 1.82) is 0 Å². The lowest BCUT2D eigenvalue weighted by atomic mass is 10.2. The van der Waals surface area contributed by atoms with Crippen molar-refractivity contribution in [2.75, 3.05) is 25.1 Å². The Bertz CT molecular complexity index is 437. The van der Waals surface area contributed by atoms with Crippen LogP contribution in [0, 0.1) is 0 Å². The number of methoxy groups -OCH3 is 1. The van der Waals surface area contributed by atoms with Gasteiger partial charge in [-0.3, -0.25) is 9.78 Å². The molecule has 0 aromatic carbocycles. The molecule has 0 fully saturated rings. The van der Waals surface area contributed by atoms with Crippen LogP contribution in [0.2, 0.25) is 0 Å². The molecular weight excluding hydrogens is 250 g/mol. The first-order chi connectivity index (χ1) is 8.58. The molecule has 0 aliphatic rings. The zero-order valence-electron chi connectivity index (χ0n) is 10.5. The Morgan fingerprint density at radius 2 is 2.33 bits per heavy atom. The van der Waals surface area contributed by atoms with E-state index in [1.165, 1.54) is 7.11 Å². The zero-order valence-corrected chi connectivity index (χ0v) is 11.4. The number of rotatable bonds is 6. The van der Waals surface area contributed by atoms with Gasteiger partial charge in [0.15, 0.2) is 0 Å². The molecule has 18 heavy (non-hydrogen) atoms. The van der Waals surface area contributed by atoms with E-state index < -0.39 is 0 Å². The fourth-order valence-corrected chi connectivity index (χ4v) is 1.65. The van der Waals surface area contributed by atoms with Gasteiger partial charge < -0.3 is 15.4 Å². The number of nitrogens with two attached hydrogens (primary N) is 1. The Kier molecular flexibility index (Phi) is 5.51. The fourth-order valence-electron chi connectivity index (χ4n) is 1.54. The summed E-state index contributed by atoms with van der Waals surface area (Å²) in [5.41, 5.74) is 6.95. The van der Waals surface area contributed by atoms with Crippen LogP contribution in [0.15, 0.2) is 18.3 Å². The Balaban J connectivity index is 2.94. The summed E-state index contributed by atoms with van der Waals surface area (Å²) >= 11 is 4.89. The molecule has 0 radical (unpaired) electrons. The Hall–Kier alpha value is -1.69. The number of hydrogen-bond donors (Lipinski definition) is 1. The minimum atomic E-state index is -0.280. The number of carbonyl (C=O) groups excluding carboxylic acids is 1. The minimum absolute atomic E-state index is 0.200. The van der Waals surface area contributed by atoms with Gasteiger partial charge in [-0.2, -0.15) is 0 Å². The summed E-state index contributed by atoms with van der Waals surface area (Å²) in [6.45, 7) is 2.99. The van der Waals surface area contributed by atoms with Crippen molar-refractivity contribution in [3.8, 4) is 0 Å². The van der Waals surface area contributed by atoms with Crippen molar-refractivity contribution in [3.05, 3.63) is 24.0 Å². The first kappa shape index (κ1) is 14.4. The van der Waals surface area contributed by atoms with Crippen molar-refractivity contribution >= 4 is 28.9 Å². The van der Waals surface area contributed by atoms with E-state index in [9.17, 15) is 4.79 Å². The maximum absolute atomic E-state index is 11.4. The molecule has 2 N–H and O–H groups in total. The number of hydrogen-bond acceptors (Lipinski definition) is 5. The van der Waals surface area contributed by atoms with Crippen molar-refractivity contribution in [2.24, 2.45) is 5.73 Å². The summed E-state index contributed by atoms with van der Waals surface area (Å²) in [5, 5.41) is 0. The number of nitrogens with zero attached hydrogens (tertiary/aromatic N) is 2. The highest BCUT2D eigenvalue weighted by atomic mass is 32.1. The van der Waals surface area contributed by atoms with Crippen LogP contribution < -0.4 is 10.6 Å². The third-order valence-corrected chi connectivity index (χ3v) is 2.61. The van der Waals surface area contributed by atoms with Crippen molar-refractivity contribution in [1.82, 2.24) is 4.98 Å². The second-order valence-corrected chi connectivity index (χ2v) is 4.20. The van der Waals surface area contributed by atoms with Crippen LogP contribution in [0.5, 0.6) is 0 Å². The topological polar surface area (TPSA) is 68.5 Å². The highest BCUT2D eigenvalue weighted by Gasteiger charge is 2.12. The van der Waals surface area contributed by atoms with Gasteiger partial charge in [0.1, 0.15) is 11.5 Å². The highest BCUT2D eigenvalue weighted by molar-refractivity contribution is 7.80. The van der Waals surface area contributed by atoms with Crippen LogP contribution in [0.1, 0.15) is 19.0 Å². The number of aromatic nitrogens is 1. The minimum Gasteiger partial charge on any atom is -0.468 e.